The molecule has 0 fully saturated rings. The van der Waals surface area contributed by atoms with E-state index < -0.39 is 17.9 Å². The van der Waals surface area contributed by atoms with E-state index in [1.165, 1.54) is 6.08 Å². The van der Waals surface area contributed by atoms with Gasteiger partial charge in [-0.05, 0) is 44.2 Å². The van der Waals surface area contributed by atoms with E-state index >= 15 is 0 Å². The Morgan fingerprint density at radius 1 is 1.15 bits per heavy atom. The van der Waals surface area contributed by atoms with E-state index in [9.17, 15) is 9.59 Å². The van der Waals surface area contributed by atoms with Crippen LogP contribution in [-0.4, -0.2) is 24.5 Å². The van der Waals surface area contributed by atoms with Gasteiger partial charge >= 0.3 is 0 Å². The Morgan fingerprint density at radius 3 is 2.67 bits per heavy atom. The number of nitrogens with one attached hydrogen (secondary N) is 2. The maximum atomic E-state index is 12.0. The molecule has 0 aliphatic rings. The molecule has 2 rings (SSSR count). The summed E-state index contributed by atoms with van der Waals surface area (Å²) in [6, 6.07) is 14.5. The molecule has 0 aliphatic heterocycles. The van der Waals surface area contributed by atoms with Crippen LogP contribution in [0.5, 0.6) is 11.5 Å². The smallest absolute Gasteiger partial charge is 0.279 e. The highest BCUT2D eigenvalue weighted by Gasteiger charge is 2.15. The van der Waals surface area contributed by atoms with Gasteiger partial charge in [0.15, 0.2) is 6.10 Å². The van der Waals surface area contributed by atoms with Crippen molar-refractivity contribution in [3.8, 4) is 11.5 Å². The second kappa shape index (κ2) is 10.4. The van der Waals surface area contributed by atoms with Crippen molar-refractivity contribution in [2.45, 2.75) is 20.0 Å². The third kappa shape index (κ3) is 6.79. The van der Waals surface area contributed by atoms with E-state index in [1.54, 1.807) is 31.2 Å². The molecule has 27 heavy (non-hydrogen) atoms. The fourth-order valence-corrected chi connectivity index (χ4v) is 2.51. The predicted molar refractivity (Wildman–Crippen MR) is 107 cm³/mol. The first-order valence-corrected chi connectivity index (χ1v) is 9.21. The Labute approximate surface area is 166 Å². The minimum atomic E-state index is -0.776. The van der Waals surface area contributed by atoms with Gasteiger partial charge < -0.3 is 9.47 Å². The molecule has 0 aromatic heterocycles. The molecule has 1 unspecified atom stereocenters. The highest BCUT2D eigenvalue weighted by Crippen LogP contribution is 2.19. The van der Waals surface area contributed by atoms with E-state index in [-0.39, 0.29) is 0 Å². The molecule has 0 aliphatic carbocycles. The zero-order valence-electron chi connectivity index (χ0n) is 15.1. The maximum absolute atomic E-state index is 12.0. The van der Waals surface area contributed by atoms with Crippen LogP contribution in [0, 0.1) is 0 Å². The molecule has 6 nitrogen and oxygen atoms in total. The van der Waals surface area contributed by atoms with Crippen molar-refractivity contribution in [2.75, 3.05) is 6.61 Å². The predicted octanol–water partition coefficient (Wildman–Crippen LogP) is 3.48. The van der Waals surface area contributed by atoms with Crippen molar-refractivity contribution in [2.24, 2.45) is 0 Å². The number of hydrogen-bond acceptors (Lipinski definition) is 4. The fraction of sp³-hybridized carbons (Fsp3) is 0.200. The molecule has 1 atom stereocenters. The van der Waals surface area contributed by atoms with Crippen molar-refractivity contribution in [3.05, 3.63) is 64.6 Å². The minimum absolute atomic E-state index is 0.466. The number of carbonyl (C=O) groups is 2. The first-order valence-electron chi connectivity index (χ1n) is 8.41. The average Bonchev–Trinajstić information content (AvgIpc) is 2.65. The topological polar surface area (TPSA) is 76.7 Å². The lowest BCUT2D eigenvalue weighted by Crippen LogP contribution is -2.46. The fourth-order valence-electron chi connectivity index (χ4n) is 2.14. The summed E-state index contributed by atoms with van der Waals surface area (Å²) in [7, 11) is 0. The third-order valence-electron chi connectivity index (χ3n) is 3.42. The summed E-state index contributed by atoms with van der Waals surface area (Å²) < 4.78 is 11.9. The normalized spacial score (nSPS) is 11.7. The molecule has 2 amide bonds. The summed E-state index contributed by atoms with van der Waals surface area (Å²) in [5.41, 5.74) is 5.43. The standard InChI is InChI=1S/C20H21BrN2O4/c1-3-26-18-10-5-4-7-15(18)11-12-19(24)22-23-20(25)14(2)27-17-9-6-8-16(21)13-17/h4-14H,3H2,1-2H3,(H,22,24)(H,23,25)/b12-11+. The Bertz CT molecular complexity index is 823. The number of halogens is 1. The molecule has 0 saturated heterocycles. The van der Waals surface area contributed by atoms with E-state index in [2.05, 4.69) is 26.8 Å². The number of hydrogen-bond donors (Lipinski definition) is 2. The van der Waals surface area contributed by atoms with E-state index in [1.807, 2.05) is 37.3 Å². The molecule has 2 aromatic carbocycles. The minimum Gasteiger partial charge on any atom is -0.493 e. The van der Waals surface area contributed by atoms with Crippen LogP contribution in [0.25, 0.3) is 6.08 Å². The third-order valence-corrected chi connectivity index (χ3v) is 3.91. The summed E-state index contributed by atoms with van der Waals surface area (Å²) >= 11 is 3.34. The molecule has 0 heterocycles. The highest BCUT2D eigenvalue weighted by atomic mass is 79.9. The second-order valence-corrected chi connectivity index (χ2v) is 6.42. The highest BCUT2D eigenvalue weighted by molar-refractivity contribution is 9.10. The quantitative estimate of drug-likeness (QED) is 0.518. The molecule has 0 spiro atoms. The zero-order chi connectivity index (χ0) is 19.6. The Hall–Kier alpha value is -2.80. The summed E-state index contributed by atoms with van der Waals surface area (Å²) in [4.78, 5) is 24.0. The van der Waals surface area contributed by atoms with Crippen LogP contribution in [0.2, 0.25) is 0 Å². The van der Waals surface area contributed by atoms with Crippen molar-refractivity contribution in [1.29, 1.82) is 0 Å². The lowest BCUT2D eigenvalue weighted by atomic mass is 10.2. The van der Waals surface area contributed by atoms with Crippen LogP contribution in [-0.2, 0) is 9.59 Å². The van der Waals surface area contributed by atoms with E-state index in [0.717, 1.165) is 10.0 Å². The molecule has 2 N–H and O–H groups in total. The number of para-hydroxylation sites is 1. The zero-order valence-corrected chi connectivity index (χ0v) is 16.7. The summed E-state index contributed by atoms with van der Waals surface area (Å²) in [5, 5.41) is 0. The van der Waals surface area contributed by atoms with Crippen molar-refractivity contribution in [3.63, 3.8) is 0 Å². The van der Waals surface area contributed by atoms with E-state index in [4.69, 9.17) is 9.47 Å². The van der Waals surface area contributed by atoms with Gasteiger partial charge in [0, 0.05) is 16.1 Å². The first-order chi connectivity index (χ1) is 13.0. The molecule has 0 bridgehead atoms. The largest absolute Gasteiger partial charge is 0.493 e. The summed E-state index contributed by atoms with van der Waals surface area (Å²) in [6.45, 7) is 4.01. The number of rotatable bonds is 7. The number of ether oxygens (including phenoxy) is 2. The van der Waals surface area contributed by atoms with Crippen LogP contribution in [0.1, 0.15) is 19.4 Å². The van der Waals surface area contributed by atoms with Crippen LogP contribution < -0.4 is 20.3 Å². The number of carbonyl (C=O) groups excluding carboxylic acids is 2. The van der Waals surface area contributed by atoms with Crippen molar-refractivity contribution < 1.29 is 19.1 Å². The van der Waals surface area contributed by atoms with Crippen LogP contribution in [0.4, 0.5) is 0 Å². The van der Waals surface area contributed by atoms with E-state index in [0.29, 0.717) is 18.1 Å². The van der Waals surface area contributed by atoms with Gasteiger partial charge in [-0.15, -0.1) is 0 Å². The number of amides is 2. The lowest BCUT2D eigenvalue weighted by Gasteiger charge is -2.14. The van der Waals surface area contributed by atoms with Crippen LogP contribution in [0.3, 0.4) is 0 Å². The van der Waals surface area contributed by atoms with Gasteiger partial charge in [-0.2, -0.15) is 0 Å². The van der Waals surface area contributed by atoms with Crippen LogP contribution >= 0.6 is 15.9 Å². The first kappa shape index (κ1) is 20.5. The number of benzene rings is 2. The summed E-state index contributed by atoms with van der Waals surface area (Å²) in [5.74, 6) is 0.297. The second-order valence-electron chi connectivity index (χ2n) is 5.50. The van der Waals surface area contributed by atoms with Gasteiger partial charge in [-0.1, -0.05) is 40.2 Å². The Balaban J connectivity index is 1.85. The number of hydrazine groups is 1. The average molecular weight is 433 g/mol. The molecule has 7 heteroatoms. The molecule has 2 aromatic rings. The van der Waals surface area contributed by atoms with Gasteiger partial charge in [0.05, 0.1) is 6.61 Å². The molecule has 142 valence electrons. The van der Waals surface area contributed by atoms with Gasteiger partial charge in [-0.3, -0.25) is 20.4 Å². The Morgan fingerprint density at radius 2 is 1.93 bits per heavy atom. The maximum Gasteiger partial charge on any atom is 0.279 e. The molecular formula is C20H21BrN2O4. The lowest BCUT2D eigenvalue weighted by molar-refractivity contribution is -0.131. The van der Waals surface area contributed by atoms with Crippen molar-refractivity contribution in [1.82, 2.24) is 10.9 Å². The van der Waals surface area contributed by atoms with Gasteiger partial charge in [0.25, 0.3) is 11.8 Å². The van der Waals surface area contributed by atoms with Gasteiger partial charge in [0.2, 0.25) is 0 Å². The monoisotopic (exact) mass is 432 g/mol. The molecular weight excluding hydrogens is 412 g/mol. The molecule has 0 saturated carbocycles. The molecule has 0 radical (unpaired) electrons. The van der Waals surface area contributed by atoms with Crippen molar-refractivity contribution >= 4 is 33.8 Å². The van der Waals surface area contributed by atoms with Crippen LogP contribution in [0.15, 0.2) is 59.1 Å². The SMILES string of the molecule is CCOc1ccccc1/C=C/C(=O)NNC(=O)C(C)Oc1cccc(Br)c1. The van der Waals surface area contributed by atoms with Gasteiger partial charge in [-0.25, -0.2) is 0 Å². The van der Waals surface area contributed by atoms with Gasteiger partial charge in [0.1, 0.15) is 11.5 Å². The summed E-state index contributed by atoms with van der Waals surface area (Å²) in [6.07, 6.45) is 2.16. The Kier molecular flexibility index (Phi) is 7.88.